The molecular weight excluding hydrogens is 353 g/mol. The predicted molar refractivity (Wildman–Crippen MR) is 71.7 cm³/mol. The highest BCUT2D eigenvalue weighted by Crippen LogP contribution is 2.20. The van der Waals surface area contributed by atoms with Gasteiger partial charge in [-0.3, -0.25) is 9.11 Å². The van der Waals surface area contributed by atoms with E-state index < -0.39 is 25.7 Å². The lowest BCUT2D eigenvalue weighted by Gasteiger charge is -2.17. The second-order valence-electron chi connectivity index (χ2n) is 4.42. The molecule has 1 heterocycles. The first-order valence-corrected chi connectivity index (χ1v) is 8.89. The zero-order chi connectivity index (χ0) is 17.6. The molecule has 0 bridgehead atoms. The molecule has 0 amide bonds. The lowest BCUT2D eigenvalue weighted by Crippen LogP contribution is -2.23. The molecule has 0 saturated carbocycles. The number of unbranched alkanes of at least 4 members (excludes halogenated alkanes) is 1. The van der Waals surface area contributed by atoms with Crippen LogP contribution in [0.25, 0.3) is 0 Å². The van der Waals surface area contributed by atoms with Gasteiger partial charge >= 0.3 is 15.6 Å². The highest BCUT2D eigenvalue weighted by atomic mass is 32.2. The van der Waals surface area contributed by atoms with Crippen LogP contribution < -0.4 is 0 Å². The van der Waals surface area contributed by atoms with Crippen molar-refractivity contribution in [1.29, 1.82) is 0 Å². The number of rotatable bonds is 5. The van der Waals surface area contributed by atoms with E-state index in [0.717, 1.165) is 19.6 Å². The molecule has 1 rings (SSSR count). The van der Waals surface area contributed by atoms with Crippen molar-refractivity contribution < 1.29 is 39.1 Å². The third-order valence-corrected chi connectivity index (χ3v) is 3.72. The summed E-state index contributed by atoms with van der Waals surface area (Å²) in [5.41, 5.74) is -5.53. The SMILES string of the molecule is CN1C=CN(CCCCS(=O)(=O)O)C1.O=S(=O)(O)C(F)(F)F. The molecule has 2 N–H and O–H groups in total. The minimum absolute atomic E-state index is 0.138. The van der Waals surface area contributed by atoms with Gasteiger partial charge in [-0.15, -0.1) is 0 Å². The molecule has 0 radical (unpaired) electrons. The smallest absolute Gasteiger partial charge is 0.362 e. The fourth-order valence-corrected chi connectivity index (χ4v) is 1.90. The Morgan fingerprint density at radius 1 is 1.09 bits per heavy atom. The molecule has 0 spiro atoms. The monoisotopic (exact) mass is 370 g/mol. The van der Waals surface area contributed by atoms with Gasteiger partial charge in [-0.05, 0) is 12.8 Å². The first-order valence-electron chi connectivity index (χ1n) is 5.84. The zero-order valence-electron chi connectivity index (χ0n) is 11.6. The average molecular weight is 370 g/mol. The molecule has 0 fully saturated rings. The molecule has 1 aliphatic heterocycles. The normalized spacial score (nSPS) is 15.7. The molecule has 0 aromatic heterocycles. The van der Waals surface area contributed by atoms with E-state index in [4.69, 9.17) is 17.5 Å². The van der Waals surface area contributed by atoms with Gasteiger partial charge in [0.25, 0.3) is 10.1 Å². The van der Waals surface area contributed by atoms with Crippen LogP contribution in [-0.2, 0) is 20.2 Å². The molecule has 13 heteroatoms. The second-order valence-corrected chi connectivity index (χ2v) is 7.41. The lowest BCUT2D eigenvalue weighted by atomic mass is 10.3. The van der Waals surface area contributed by atoms with Crippen molar-refractivity contribution in [2.45, 2.75) is 18.3 Å². The summed E-state index contributed by atoms with van der Waals surface area (Å²) in [5, 5.41) is 0. The van der Waals surface area contributed by atoms with E-state index in [1.807, 2.05) is 24.3 Å². The van der Waals surface area contributed by atoms with Crippen LogP contribution in [0.15, 0.2) is 12.4 Å². The number of alkyl halides is 3. The Labute approximate surface area is 126 Å². The van der Waals surface area contributed by atoms with E-state index in [1.54, 1.807) is 0 Å². The molecule has 0 aromatic rings. The van der Waals surface area contributed by atoms with Crippen molar-refractivity contribution in [1.82, 2.24) is 9.80 Å². The minimum Gasteiger partial charge on any atom is -0.362 e. The number of hydrogen-bond donors (Lipinski definition) is 2. The number of nitrogens with zero attached hydrogens (tertiary/aromatic N) is 2. The second kappa shape index (κ2) is 7.99. The lowest BCUT2D eigenvalue weighted by molar-refractivity contribution is -0.0510. The standard InChI is InChI=1S/C8H16N2O3S.CHF3O3S/c1-9-5-6-10(8-9)4-2-3-7-14(11,12)13;2-1(3,4)8(5,6)7/h5-6H,2-4,7-8H2,1H3,(H,11,12,13);(H,5,6,7). The van der Waals surface area contributed by atoms with Crippen molar-refractivity contribution in [3.63, 3.8) is 0 Å². The number of hydrogen-bond acceptors (Lipinski definition) is 6. The molecule has 1 aliphatic rings. The first-order chi connectivity index (χ1) is 9.72. The Kier molecular flexibility index (Phi) is 7.61. The van der Waals surface area contributed by atoms with Crippen molar-refractivity contribution in [2.24, 2.45) is 0 Å². The van der Waals surface area contributed by atoms with Crippen molar-refractivity contribution in [3.05, 3.63) is 12.4 Å². The molecule has 8 nitrogen and oxygen atoms in total. The Bertz CT molecular complexity index is 573. The molecule has 0 atom stereocenters. The van der Waals surface area contributed by atoms with Gasteiger partial charge in [0.1, 0.15) is 0 Å². The van der Waals surface area contributed by atoms with E-state index in [0.29, 0.717) is 6.42 Å². The maximum atomic E-state index is 10.7. The predicted octanol–water partition coefficient (Wildman–Crippen LogP) is 0.725. The summed E-state index contributed by atoms with van der Waals surface area (Å²) in [4.78, 5) is 4.15. The number of halogens is 3. The summed E-state index contributed by atoms with van der Waals surface area (Å²) in [6.45, 7) is 1.68. The van der Waals surface area contributed by atoms with E-state index in [2.05, 4.69) is 4.90 Å². The van der Waals surface area contributed by atoms with Gasteiger partial charge in [0, 0.05) is 26.0 Å². The summed E-state index contributed by atoms with van der Waals surface area (Å²) in [6.07, 6.45) is 5.24. The molecule has 0 unspecified atom stereocenters. The van der Waals surface area contributed by atoms with E-state index >= 15 is 0 Å². The van der Waals surface area contributed by atoms with Crippen LogP contribution in [-0.4, -0.2) is 67.3 Å². The summed E-state index contributed by atoms with van der Waals surface area (Å²) >= 11 is 0. The van der Waals surface area contributed by atoms with Crippen LogP contribution >= 0.6 is 0 Å². The van der Waals surface area contributed by atoms with Crippen LogP contribution in [0, 0.1) is 0 Å². The highest BCUT2D eigenvalue weighted by molar-refractivity contribution is 7.86. The van der Waals surface area contributed by atoms with Crippen molar-refractivity contribution >= 4 is 20.2 Å². The molecular formula is C9H17F3N2O6S2. The van der Waals surface area contributed by atoms with Gasteiger partial charge in [-0.25, -0.2) is 0 Å². The van der Waals surface area contributed by atoms with Crippen LogP contribution in [0.1, 0.15) is 12.8 Å². The zero-order valence-corrected chi connectivity index (χ0v) is 13.2. The van der Waals surface area contributed by atoms with E-state index in [-0.39, 0.29) is 5.75 Å². The molecule has 0 saturated heterocycles. The van der Waals surface area contributed by atoms with Gasteiger partial charge in [-0.2, -0.15) is 30.0 Å². The summed E-state index contributed by atoms with van der Waals surface area (Å²) < 4.78 is 86.8. The Morgan fingerprint density at radius 2 is 1.59 bits per heavy atom. The van der Waals surface area contributed by atoms with Gasteiger partial charge in [0.05, 0.1) is 12.4 Å². The molecule has 132 valence electrons. The van der Waals surface area contributed by atoms with Crippen LogP contribution in [0.3, 0.4) is 0 Å². The largest absolute Gasteiger partial charge is 0.522 e. The third-order valence-electron chi connectivity index (χ3n) is 2.33. The Morgan fingerprint density at radius 3 is 1.91 bits per heavy atom. The van der Waals surface area contributed by atoms with Crippen molar-refractivity contribution in [2.75, 3.05) is 26.0 Å². The average Bonchev–Trinajstić information content (AvgIpc) is 2.67. The van der Waals surface area contributed by atoms with Crippen LogP contribution in [0.2, 0.25) is 0 Å². The topological polar surface area (TPSA) is 115 Å². The third kappa shape index (κ3) is 9.81. The van der Waals surface area contributed by atoms with E-state index in [9.17, 15) is 21.6 Å². The fourth-order valence-electron chi connectivity index (χ4n) is 1.33. The van der Waals surface area contributed by atoms with Gasteiger partial charge in [-0.1, -0.05) is 0 Å². The van der Waals surface area contributed by atoms with Crippen LogP contribution in [0.4, 0.5) is 13.2 Å². The summed E-state index contributed by atoms with van der Waals surface area (Å²) in [7, 11) is -7.64. The fraction of sp³-hybridized carbons (Fsp3) is 0.778. The van der Waals surface area contributed by atoms with Gasteiger partial charge in [0.2, 0.25) is 0 Å². The van der Waals surface area contributed by atoms with Crippen molar-refractivity contribution in [3.8, 4) is 0 Å². The Hall–Kier alpha value is -1.05. The first kappa shape index (κ1) is 20.9. The maximum Gasteiger partial charge on any atom is 0.522 e. The van der Waals surface area contributed by atoms with Gasteiger partial charge in [0.15, 0.2) is 0 Å². The minimum atomic E-state index is -5.84. The van der Waals surface area contributed by atoms with E-state index in [1.165, 1.54) is 0 Å². The Balaban J connectivity index is 0.000000472. The summed E-state index contributed by atoms with van der Waals surface area (Å²) in [6, 6.07) is 0. The quantitative estimate of drug-likeness (QED) is 0.413. The molecule has 0 aliphatic carbocycles. The molecule has 22 heavy (non-hydrogen) atoms. The van der Waals surface area contributed by atoms with Crippen LogP contribution in [0.5, 0.6) is 0 Å². The molecule has 0 aromatic carbocycles. The summed E-state index contributed by atoms with van der Waals surface area (Å²) in [5.74, 6) is -0.138. The highest BCUT2D eigenvalue weighted by Gasteiger charge is 2.44. The van der Waals surface area contributed by atoms with Gasteiger partial charge < -0.3 is 9.80 Å². The maximum absolute atomic E-state index is 10.7.